The minimum absolute atomic E-state index is 0.0216. The molecule has 0 unspecified atom stereocenters. The standard InChI is InChI=1S/C19H19ClN4O3S/c20-18-8-7-17(28-18)16(25)6-5-15-11-23(19(26)27-15)13-1-3-14(4-2-13)24-10-9-21-12-22-24/h1-4,7-8,12,15H,5-6,9-11H2,(H,21,22)/t15-/m0/s1. The second-order valence-corrected chi connectivity index (χ2v) is 8.23. The van der Waals surface area contributed by atoms with Gasteiger partial charge in [-0.25, -0.2) is 4.79 Å². The molecule has 0 radical (unpaired) electrons. The molecule has 0 aliphatic carbocycles. The summed E-state index contributed by atoms with van der Waals surface area (Å²) in [5, 5.41) is 1.99. The minimum atomic E-state index is -0.382. The van der Waals surface area contributed by atoms with E-state index in [9.17, 15) is 9.59 Å². The first-order chi connectivity index (χ1) is 13.6. The molecule has 2 aliphatic rings. The second kappa shape index (κ2) is 8.20. The van der Waals surface area contributed by atoms with E-state index < -0.39 is 0 Å². The van der Waals surface area contributed by atoms with Crippen LogP contribution >= 0.6 is 22.9 Å². The average Bonchev–Trinajstić information content (AvgIpc) is 3.32. The lowest BCUT2D eigenvalue weighted by atomic mass is 10.1. The first kappa shape index (κ1) is 18.8. The summed E-state index contributed by atoms with van der Waals surface area (Å²) >= 11 is 7.15. The number of aliphatic imine (C=N–C) groups is 1. The Morgan fingerprint density at radius 1 is 1.25 bits per heavy atom. The molecular formula is C19H19ClN4O3S. The molecule has 0 bridgehead atoms. The number of anilines is 2. The number of amides is 1. The van der Waals surface area contributed by atoms with Crippen molar-refractivity contribution in [2.24, 2.45) is 4.99 Å². The Morgan fingerprint density at radius 3 is 2.71 bits per heavy atom. The molecule has 0 spiro atoms. The van der Waals surface area contributed by atoms with Gasteiger partial charge < -0.3 is 4.74 Å². The number of carbonyl (C=O) groups excluding carboxylic acids is 2. The van der Waals surface area contributed by atoms with Crippen molar-refractivity contribution >= 4 is 52.5 Å². The maximum absolute atomic E-state index is 12.3. The molecule has 1 atom stereocenters. The lowest BCUT2D eigenvalue weighted by Gasteiger charge is -2.26. The molecule has 1 aromatic heterocycles. The highest BCUT2D eigenvalue weighted by Gasteiger charge is 2.32. The first-order valence-electron chi connectivity index (χ1n) is 8.99. The largest absolute Gasteiger partial charge is 0.444 e. The molecule has 1 aromatic carbocycles. The number of cyclic esters (lactones) is 1. The first-order valence-corrected chi connectivity index (χ1v) is 10.2. The third-order valence-corrected chi connectivity index (χ3v) is 5.92. The van der Waals surface area contributed by atoms with Crippen molar-refractivity contribution in [3.8, 4) is 0 Å². The van der Waals surface area contributed by atoms with Gasteiger partial charge in [0.25, 0.3) is 0 Å². The Morgan fingerprint density at radius 2 is 2.04 bits per heavy atom. The minimum Gasteiger partial charge on any atom is -0.444 e. The number of ether oxygens (including phenoxy) is 1. The molecule has 2 aromatic rings. The molecular weight excluding hydrogens is 400 g/mol. The molecule has 146 valence electrons. The SMILES string of the molecule is O=C(CC[C@H]1CN(c2ccc(N3CCN=CN3)cc2)C(=O)O1)c1ccc(Cl)s1. The van der Waals surface area contributed by atoms with E-state index in [-0.39, 0.29) is 18.0 Å². The number of benzene rings is 1. The van der Waals surface area contributed by atoms with E-state index in [0.29, 0.717) is 28.6 Å². The van der Waals surface area contributed by atoms with Gasteiger partial charge in [0.1, 0.15) is 12.4 Å². The van der Waals surface area contributed by atoms with Crippen molar-refractivity contribution in [3.05, 3.63) is 45.6 Å². The van der Waals surface area contributed by atoms with Gasteiger partial charge in [0.05, 0.1) is 34.5 Å². The lowest BCUT2D eigenvalue weighted by Crippen LogP contribution is -2.42. The number of rotatable bonds is 6. The van der Waals surface area contributed by atoms with E-state index in [1.54, 1.807) is 23.4 Å². The molecule has 1 saturated heterocycles. The zero-order chi connectivity index (χ0) is 19.5. The number of nitrogens with zero attached hydrogens (tertiary/aromatic N) is 3. The van der Waals surface area contributed by atoms with Gasteiger partial charge in [-0.1, -0.05) is 11.6 Å². The van der Waals surface area contributed by atoms with Crippen LogP contribution in [-0.4, -0.2) is 44.0 Å². The van der Waals surface area contributed by atoms with Crippen molar-refractivity contribution in [1.29, 1.82) is 0 Å². The van der Waals surface area contributed by atoms with Gasteiger partial charge >= 0.3 is 6.09 Å². The second-order valence-electron chi connectivity index (χ2n) is 6.51. The highest BCUT2D eigenvalue weighted by Crippen LogP contribution is 2.27. The van der Waals surface area contributed by atoms with Gasteiger partial charge in [0.15, 0.2) is 5.78 Å². The molecule has 28 heavy (non-hydrogen) atoms. The predicted octanol–water partition coefficient (Wildman–Crippen LogP) is 3.74. The number of hydrogen-bond donors (Lipinski definition) is 1. The summed E-state index contributed by atoms with van der Waals surface area (Å²) in [5.74, 6) is 0.0216. The third kappa shape index (κ3) is 4.13. The van der Waals surface area contributed by atoms with E-state index in [1.807, 2.05) is 29.3 Å². The summed E-state index contributed by atoms with van der Waals surface area (Å²) < 4.78 is 6.03. The molecule has 0 saturated carbocycles. The third-order valence-electron chi connectivity index (χ3n) is 4.65. The summed E-state index contributed by atoms with van der Waals surface area (Å²) in [6.45, 7) is 1.96. The van der Waals surface area contributed by atoms with Crippen LogP contribution < -0.4 is 15.3 Å². The van der Waals surface area contributed by atoms with Crippen molar-refractivity contribution in [2.75, 3.05) is 29.5 Å². The van der Waals surface area contributed by atoms with Crippen LogP contribution in [0, 0.1) is 0 Å². The summed E-state index contributed by atoms with van der Waals surface area (Å²) in [5.41, 5.74) is 4.86. The van der Waals surface area contributed by atoms with Crippen LogP contribution in [0.15, 0.2) is 41.4 Å². The number of nitrogens with one attached hydrogen (secondary N) is 1. The predicted molar refractivity (Wildman–Crippen MR) is 111 cm³/mol. The Kier molecular flexibility index (Phi) is 5.50. The Bertz CT molecular complexity index is 899. The molecule has 2 aliphatic heterocycles. The van der Waals surface area contributed by atoms with Gasteiger partial charge in [0, 0.05) is 12.1 Å². The summed E-state index contributed by atoms with van der Waals surface area (Å²) in [7, 11) is 0. The van der Waals surface area contributed by atoms with Crippen molar-refractivity contribution in [2.45, 2.75) is 18.9 Å². The van der Waals surface area contributed by atoms with E-state index in [4.69, 9.17) is 16.3 Å². The van der Waals surface area contributed by atoms with Gasteiger partial charge in [-0.3, -0.25) is 25.1 Å². The maximum atomic E-state index is 12.3. The molecule has 1 amide bonds. The van der Waals surface area contributed by atoms with Crippen LogP contribution in [0.2, 0.25) is 4.34 Å². The summed E-state index contributed by atoms with van der Waals surface area (Å²) in [4.78, 5) is 30.8. The van der Waals surface area contributed by atoms with E-state index in [0.717, 1.165) is 24.5 Å². The molecule has 1 N–H and O–H groups in total. The summed E-state index contributed by atoms with van der Waals surface area (Å²) in [6.07, 6.45) is 1.81. The number of ketones is 1. The normalized spacial score (nSPS) is 18.9. The lowest BCUT2D eigenvalue weighted by molar-refractivity contribution is 0.0943. The van der Waals surface area contributed by atoms with Crippen LogP contribution in [0.25, 0.3) is 0 Å². The van der Waals surface area contributed by atoms with Crippen LogP contribution in [0.4, 0.5) is 16.2 Å². The highest BCUT2D eigenvalue weighted by molar-refractivity contribution is 7.18. The van der Waals surface area contributed by atoms with Gasteiger partial charge in [0.2, 0.25) is 0 Å². The number of Topliss-reactive ketones (excluding diaryl/α,β-unsaturated/α-hetero) is 1. The van der Waals surface area contributed by atoms with E-state index in [2.05, 4.69) is 10.4 Å². The quantitative estimate of drug-likeness (QED) is 0.723. The van der Waals surface area contributed by atoms with Crippen molar-refractivity contribution in [1.82, 2.24) is 5.43 Å². The molecule has 9 heteroatoms. The number of thiophene rings is 1. The Labute approximate surface area is 171 Å². The van der Waals surface area contributed by atoms with Crippen LogP contribution in [0.1, 0.15) is 22.5 Å². The topological polar surface area (TPSA) is 74.2 Å². The molecule has 1 fully saturated rings. The van der Waals surface area contributed by atoms with Crippen molar-refractivity contribution in [3.63, 3.8) is 0 Å². The fourth-order valence-electron chi connectivity index (χ4n) is 3.18. The van der Waals surface area contributed by atoms with Gasteiger partial charge in [-0.05, 0) is 42.8 Å². The van der Waals surface area contributed by atoms with Crippen LogP contribution in [0.5, 0.6) is 0 Å². The number of carbonyl (C=O) groups is 2. The zero-order valence-corrected chi connectivity index (χ0v) is 16.6. The fraction of sp³-hybridized carbons (Fsp3) is 0.316. The Hall–Kier alpha value is -2.58. The fourth-order valence-corrected chi connectivity index (χ4v) is 4.19. The number of hydrazine groups is 1. The zero-order valence-electron chi connectivity index (χ0n) is 15.0. The molecule has 4 rings (SSSR count). The number of hydrogen-bond acceptors (Lipinski definition) is 7. The summed E-state index contributed by atoms with van der Waals surface area (Å²) in [6, 6.07) is 11.1. The van der Waals surface area contributed by atoms with Gasteiger partial charge in [-0.2, -0.15) is 0 Å². The smallest absolute Gasteiger partial charge is 0.414 e. The average molecular weight is 419 g/mol. The van der Waals surface area contributed by atoms with Crippen molar-refractivity contribution < 1.29 is 14.3 Å². The van der Waals surface area contributed by atoms with E-state index in [1.165, 1.54) is 11.3 Å². The monoisotopic (exact) mass is 418 g/mol. The van der Waals surface area contributed by atoms with Crippen LogP contribution in [0.3, 0.4) is 0 Å². The maximum Gasteiger partial charge on any atom is 0.414 e. The van der Waals surface area contributed by atoms with Gasteiger partial charge in [-0.15, -0.1) is 11.3 Å². The molecule has 7 nitrogen and oxygen atoms in total. The van der Waals surface area contributed by atoms with Crippen LogP contribution in [-0.2, 0) is 4.74 Å². The van der Waals surface area contributed by atoms with E-state index >= 15 is 0 Å². The Balaban J connectivity index is 1.34. The molecule has 3 heterocycles. The number of halogens is 1. The highest BCUT2D eigenvalue weighted by atomic mass is 35.5.